The van der Waals surface area contributed by atoms with Crippen molar-refractivity contribution in [3.8, 4) is 0 Å². The van der Waals surface area contributed by atoms with Gasteiger partial charge in [-0.3, -0.25) is 0 Å². The molecule has 216 valence electrons. The van der Waals surface area contributed by atoms with Gasteiger partial charge in [-0.25, -0.2) is 0 Å². The molecule has 1 aromatic heterocycles. The van der Waals surface area contributed by atoms with E-state index < -0.39 is 0 Å². The van der Waals surface area contributed by atoms with Gasteiger partial charge in [0, 0.05) is 56.7 Å². The van der Waals surface area contributed by atoms with Crippen LogP contribution in [-0.4, -0.2) is 0 Å². The molecule has 0 aliphatic carbocycles. The van der Waals surface area contributed by atoms with E-state index in [2.05, 4.69) is 181 Å². The first-order chi connectivity index (χ1) is 22.1. The highest BCUT2D eigenvalue weighted by Crippen LogP contribution is 2.45. The van der Waals surface area contributed by atoms with Crippen molar-refractivity contribution in [1.82, 2.24) is 0 Å². The topological polar surface area (TPSA) is 19.6 Å². The Labute approximate surface area is 263 Å². The lowest BCUT2D eigenvalue weighted by atomic mass is 10.0. The minimum atomic E-state index is 0.861. The van der Waals surface area contributed by atoms with Gasteiger partial charge in [0.1, 0.15) is 11.2 Å². The maximum Gasteiger partial charge on any atom is 0.138 e. The number of hydrogen-bond acceptors (Lipinski definition) is 3. The van der Waals surface area contributed by atoms with E-state index in [4.69, 9.17) is 4.42 Å². The van der Waals surface area contributed by atoms with Gasteiger partial charge in [0.2, 0.25) is 0 Å². The highest BCUT2D eigenvalue weighted by Gasteiger charge is 2.21. The summed E-state index contributed by atoms with van der Waals surface area (Å²) in [5.41, 5.74) is 10.7. The van der Waals surface area contributed by atoms with Crippen LogP contribution in [0.4, 0.5) is 34.1 Å². The van der Waals surface area contributed by atoms with Gasteiger partial charge in [-0.2, -0.15) is 0 Å². The molecule has 8 rings (SSSR count). The molecular weight excluding hydrogens is 548 g/mol. The van der Waals surface area contributed by atoms with Crippen LogP contribution in [0.25, 0.3) is 32.7 Å². The van der Waals surface area contributed by atoms with Gasteiger partial charge < -0.3 is 14.2 Å². The summed E-state index contributed by atoms with van der Waals surface area (Å²) in [6.45, 7) is 4.27. The normalized spacial score (nSPS) is 11.3. The molecule has 0 aliphatic rings. The maximum atomic E-state index is 6.78. The predicted octanol–water partition coefficient (Wildman–Crippen LogP) is 12.3. The fraction of sp³-hybridized carbons (Fsp3) is 0.0476. The largest absolute Gasteiger partial charge is 0.456 e. The summed E-state index contributed by atoms with van der Waals surface area (Å²) >= 11 is 0. The summed E-state index contributed by atoms with van der Waals surface area (Å²) in [5.74, 6) is 0. The standard InChI is InChI=1S/C42H32N2O/c1-29-13-11-19-33(25-29)43(31-15-5-3-6-16-31)35-23-24-38-40(27-35)45-41-28-39(36-21-9-10-22-37(36)42(38)41)44(32-17-7-4-8-18-32)34-20-12-14-30(2)26-34/h3-28H,1-2H3. The predicted molar refractivity (Wildman–Crippen MR) is 190 cm³/mol. The molecule has 8 aromatic rings. The van der Waals surface area contributed by atoms with E-state index in [0.717, 1.165) is 56.1 Å². The van der Waals surface area contributed by atoms with Gasteiger partial charge in [0.05, 0.1) is 5.69 Å². The Morgan fingerprint density at radius 2 is 0.911 bits per heavy atom. The molecule has 0 amide bonds. The molecule has 0 saturated carbocycles. The summed E-state index contributed by atoms with van der Waals surface area (Å²) in [7, 11) is 0. The van der Waals surface area contributed by atoms with Gasteiger partial charge >= 0.3 is 0 Å². The van der Waals surface area contributed by atoms with Gasteiger partial charge in [0.25, 0.3) is 0 Å². The maximum absolute atomic E-state index is 6.78. The molecule has 0 N–H and O–H groups in total. The molecule has 0 radical (unpaired) electrons. The first kappa shape index (κ1) is 26.8. The van der Waals surface area contributed by atoms with Crippen molar-refractivity contribution in [2.45, 2.75) is 13.8 Å². The minimum absolute atomic E-state index is 0.861. The number of aryl methyl sites for hydroxylation is 2. The zero-order valence-electron chi connectivity index (χ0n) is 25.3. The van der Waals surface area contributed by atoms with E-state index in [1.807, 2.05) is 0 Å². The van der Waals surface area contributed by atoms with Gasteiger partial charge in [0.15, 0.2) is 0 Å². The minimum Gasteiger partial charge on any atom is -0.456 e. The van der Waals surface area contributed by atoms with Crippen LogP contribution in [0.15, 0.2) is 162 Å². The smallest absolute Gasteiger partial charge is 0.138 e. The van der Waals surface area contributed by atoms with Crippen molar-refractivity contribution in [1.29, 1.82) is 0 Å². The number of anilines is 6. The van der Waals surface area contributed by atoms with Crippen LogP contribution in [0.3, 0.4) is 0 Å². The first-order valence-corrected chi connectivity index (χ1v) is 15.4. The Bertz CT molecular complexity index is 2300. The molecule has 7 aromatic carbocycles. The van der Waals surface area contributed by atoms with Gasteiger partial charge in [-0.1, -0.05) is 84.9 Å². The molecule has 0 unspecified atom stereocenters. The molecule has 3 nitrogen and oxygen atoms in total. The van der Waals surface area contributed by atoms with Crippen LogP contribution in [0.1, 0.15) is 11.1 Å². The molecule has 45 heavy (non-hydrogen) atoms. The van der Waals surface area contributed by atoms with Crippen molar-refractivity contribution in [3.63, 3.8) is 0 Å². The monoisotopic (exact) mass is 580 g/mol. The second kappa shape index (κ2) is 11.0. The number of nitrogens with zero attached hydrogens (tertiary/aromatic N) is 2. The lowest BCUT2D eigenvalue weighted by Gasteiger charge is -2.27. The van der Waals surface area contributed by atoms with Crippen LogP contribution in [0.2, 0.25) is 0 Å². The number of hydrogen-bond donors (Lipinski definition) is 0. The Balaban J connectivity index is 1.36. The molecule has 0 aliphatic heterocycles. The van der Waals surface area contributed by atoms with Crippen molar-refractivity contribution in [2.24, 2.45) is 0 Å². The van der Waals surface area contributed by atoms with Gasteiger partial charge in [-0.05, 0) is 91.0 Å². The van der Waals surface area contributed by atoms with Gasteiger partial charge in [-0.15, -0.1) is 0 Å². The van der Waals surface area contributed by atoms with Crippen LogP contribution in [0.5, 0.6) is 0 Å². The molecule has 0 fully saturated rings. The van der Waals surface area contributed by atoms with E-state index in [1.165, 1.54) is 21.9 Å². The van der Waals surface area contributed by atoms with Crippen LogP contribution in [0, 0.1) is 13.8 Å². The molecule has 0 atom stereocenters. The third-order valence-electron chi connectivity index (χ3n) is 8.49. The van der Waals surface area contributed by atoms with Crippen molar-refractivity contribution < 1.29 is 4.42 Å². The summed E-state index contributed by atoms with van der Waals surface area (Å²) in [6.07, 6.45) is 0. The summed E-state index contributed by atoms with van der Waals surface area (Å²) in [5, 5.41) is 4.59. The molecular formula is C42H32N2O. The molecule has 0 spiro atoms. The average molecular weight is 581 g/mol. The number of rotatable bonds is 6. The summed E-state index contributed by atoms with van der Waals surface area (Å²) in [4.78, 5) is 4.63. The number of fused-ring (bicyclic) bond motifs is 5. The summed E-state index contributed by atoms with van der Waals surface area (Å²) in [6, 6.07) is 55.9. The van der Waals surface area contributed by atoms with E-state index in [1.54, 1.807) is 0 Å². The Kier molecular flexibility index (Phi) is 6.57. The number of benzene rings is 7. The van der Waals surface area contributed by atoms with Crippen molar-refractivity contribution >= 4 is 66.8 Å². The lowest BCUT2D eigenvalue weighted by Crippen LogP contribution is -2.10. The van der Waals surface area contributed by atoms with Crippen molar-refractivity contribution in [2.75, 3.05) is 9.80 Å². The zero-order chi connectivity index (χ0) is 30.3. The SMILES string of the molecule is Cc1cccc(N(c2ccccc2)c2ccc3c(c2)oc2cc(N(c4ccccc4)c4cccc(C)c4)c4ccccc4c23)c1. The van der Waals surface area contributed by atoms with Crippen LogP contribution >= 0.6 is 0 Å². The highest BCUT2D eigenvalue weighted by molar-refractivity contribution is 6.22. The third kappa shape index (κ3) is 4.79. The molecule has 0 saturated heterocycles. The van der Waals surface area contributed by atoms with E-state index in [9.17, 15) is 0 Å². The quantitative estimate of drug-likeness (QED) is 0.195. The van der Waals surface area contributed by atoms with E-state index >= 15 is 0 Å². The Hall–Kier alpha value is -5.80. The number of furan rings is 1. The zero-order valence-corrected chi connectivity index (χ0v) is 25.3. The average Bonchev–Trinajstić information content (AvgIpc) is 3.44. The van der Waals surface area contributed by atoms with E-state index in [-0.39, 0.29) is 0 Å². The Morgan fingerprint density at radius 1 is 0.378 bits per heavy atom. The molecule has 1 heterocycles. The molecule has 3 heteroatoms. The summed E-state index contributed by atoms with van der Waals surface area (Å²) < 4.78 is 6.78. The second-order valence-electron chi connectivity index (χ2n) is 11.6. The third-order valence-corrected chi connectivity index (χ3v) is 8.49. The van der Waals surface area contributed by atoms with Crippen molar-refractivity contribution in [3.05, 3.63) is 169 Å². The van der Waals surface area contributed by atoms with E-state index in [0.29, 0.717) is 0 Å². The lowest BCUT2D eigenvalue weighted by molar-refractivity contribution is 0.669. The number of para-hydroxylation sites is 2. The highest BCUT2D eigenvalue weighted by atomic mass is 16.3. The second-order valence-corrected chi connectivity index (χ2v) is 11.6. The van der Waals surface area contributed by atoms with Crippen LogP contribution < -0.4 is 9.80 Å². The van der Waals surface area contributed by atoms with Crippen LogP contribution in [-0.2, 0) is 0 Å². The Morgan fingerprint density at radius 3 is 1.56 bits per heavy atom. The fourth-order valence-corrected chi connectivity index (χ4v) is 6.50. The fourth-order valence-electron chi connectivity index (χ4n) is 6.50. The molecule has 0 bridgehead atoms. The first-order valence-electron chi connectivity index (χ1n) is 15.4.